The van der Waals surface area contributed by atoms with Gasteiger partial charge in [0, 0.05) is 13.0 Å². The summed E-state index contributed by atoms with van der Waals surface area (Å²) in [6, 6.07) is 10.1. The molecule has 0 heterocycles. The Morgan fingerprint density at radius 1 is 0.867 bits per heavy atom. The van der Waals surface area contributed by atoms with Crippen molar-refractivity contribution in [2.24, 2.45) is 0 Å². The molecule has 30 heavy (non-hydrogen) atoms. The number of benzene rings is 2. The second-order valence-corrected chi connectivity index (χ2v) is 7.31. The van der Waals surface area contributed by atoms with Gasteiger partial charge in [-0.15, -0.1) is 0 Å². The molecule has 9 nitrogen and oxygen atoms in total. The van der Waals surface area contributed by atoms with Gasteiger partial charge in [0.1, 0.15) is 0 Å². The quantitative estimate of drug-likeness (QED) is 0.511. The highest BCUT2D eigenvalue weighted by Crippen LogP contribution is 2.29. The number of amides is 1. The van der Waals surface area contributed by atoms with E-state index in [0.29, 0.717) is 37.3 Å². The van der Waals surface area contributed by atoms with Gasteiger partial charge in [-0.05, 0) is 48.2 Å². The minimum Gasteiger partial charge on any atom is -0.493 e. The first-order valence-corrected chi connectivity index (χ1v) is 10.4. The molecule has 0 aliphatic rings. The number of hydrogen-bond acceptors (Lipinski definition) is 7. The van der Waals surface area contributed by atoms with Gasteiger partial charge in [-0.1, -0.05) is 12.1 Å². The van der Waals surface area contributed by atoms with E-state index in [2.05, 4.69) is 9.50 Å². The third kappa shape index (κ3) is 7.12. The minimum absolute atomic E-state index is 0.0944. The zero-order valence-electron chi connectivity index (χ0n) is 17.0. The molecule has 0 saturated carbocycles. The van der Waals surface area contributed by atoms with E-state index in [4.69, 9.17) is 18.8 Å². The summed E-state index contributed by atoms with van der Waals surface area (Å²) in [4.78, 5) is 12.1. The third-order valence-electron chi connectivity index (χ3n) is 4.25. The van der Waals surface area contributed by atoms with Crippen LogP contribution in [0.3, 0.4) is 0 Å². The van der Waals surface area contributed by atoms with Crippen molar-refractivity contribution in [3.05, 3.63) is 47.5 Å². The van der Waals surface area contributed by atoms with Gasteiger partial charge in [-0.2, -0.15) is 8.42 Å². The molecule has 1 amide bonds. The van der Waals surface area contributed by atoms with Crippen molar-refractivity contribution in [1.29, 1.82) is 0 Å². The van der Waals surface area contributed by atoms with Crippen LogP contribution < -0.4 is 23.7 Å². The van der Waals surface area contributed by atoms with E-state index in [1.165, 1.54) is 13.2 Å². The topological polar surface area (TPSA) is 120 Å². The number of hydrogen-bond donors (Lipinski definition) is 2. The predicted octanol–water partition coefficient (Wildman–Crippen LogP) is 2.19. The molecule has 0 fully saturated rings. The number of rotatable bonds is 11. The highest BCUT2D eigenvalue weighted by Gasteiger charge is 2.13. The van der Waals surface area contributed by atoms with Crippen molar-refractivity contribution in [3.8, 4) is 23.0 Å². The maximum atomic E-state index is 12.1. The highest BCUT2D eigenvalue weighted by molar-refractivity contribution is 7.81. The van der Waals surface area contributed by atoms with Gasteiger partial charge in [0.15, 0.2) is 23.0 Å². The number of methoxy groups -OCH3 is 3. The van der Waals surface area contributed by atoms with Crippen molar-refractivity contribution in [2.75, 3.05) is 27.9 Å². The number of aryl methyl sites for hydroxylation is 1. The van der Waals surface area contributed by atoms with Gasteiger partial charge in [-0.25, -0.2) is 0 Å². The molecule has 0 aliphatic carbocycles. The van der Waals surface area contributed by atoms with Crippen LogP contribution in [-0.2, 0) is 28.0 Å². The summed E-state index contributed by atoms with van der Waals surface area (Å²) >= 11 is 0. The Bertz CT molecular complexity index is 975. The van der Waals surface area contributed by atoms with E-state index in [0.717, 1.165) is 11.1 Å². The van der Waals surface area contributed by atoms with Crippen LogP contribution in [0.4, 0.5) is 0 Å². The molecule has 2 aromatic carbocycles. The van der Waals surface area contributed by atoms with Gasteiger partial charge in [0.25, 0.3) is 0 Å². The fraction of sp³-hybridized carbons (Fsp3) is 0.350. The molecular weight excluding hydrogens is 414 g/mol. The van der Waals surface area contributed by atoms with Gasteiger partial charge in [0.2, 0.25) is 5.91 Å². The molecule has 0 aromatic heterocycles. The Kier molecular flexibility index (Phi) is 8.31. The molecular formula is C20H25NO8S. The second-order valence-electron chi connectivity index (χ2n) is 6.29. The summed E-state index contributed by atoms with van der Waals surface area (Å²) in [6.45, 7) is 0.395. The van der Waals surface area contributed by atoms with E-state index in [1.807, 2.05) is 12.1 Å². The molecule has 164 valence electrons. The largest absolute Gasteiger partial charge is 0.493 e. The summed E-state index contributed by atoms with van der Waals surface area (Å²) in [5.41, 5.74) is 1.76. The lowest BCUT2D eigenvalue weighted by Crippen LogP contribution is -2.25. The van der Waals surface area contributed by atoms with Crippen molar-refractivity contribution in [1.82, 2.24) is 5.32 Å². The van der Waals surface area contributed by atoms with Crippen LogP contribution in [0.5, 0.6) is 23.0 Å². The van der Waals surface area contributed by atoms with Crippen molar-refractivity contribution >= 4 is 16.3 Å². The summed E-state index contributed by atoms with van der Waals surface area (Å²) in [6.07, 6.45) is 1.38. The van der Waals surface area contributed by atoms with Crippen molar-refractivity contribution in [2.45, 2.75) is 19.3 Å². The lowest BCUT2D eigenvalue weighted by molar-refractivity contribution is -0.121. The Morgan fingerprint density at radius 3 is 1.97 bits per heavy atom. The number of carbonyl (C=O) groups is 1. The monoisotopic (exact) mass is 439 g/mol. The summed E-state index contributed by atoms with van der Waals surface area (Å²) in [7, 11) is -0.162. The summed E-state index contributed by atoms with van der Waals surface area (Å²) in [5.74, 6) is 1.19. The standard InChI is InChI=1S/C20H25NO8S/c1-26-16-7-4-14(12-18(16)27-2)6-9-20(22)21-11-10-15-5-8-17(19(13-15)28-3)29-30(23,24)25/h4-5,7-8,12-13H,6,9-11H2,1-3H3,(H,21,22)(H,23,24,25). The maximum Gasteiger partial charge on any atom is 0.446 e. The molecule has 10 heteroatoms. The number of carbonyl (C=O) groups excluding carboxylic acids is 1. The van der Waals surface area contributed by atoms with Gasteiger partial charge in [-0.3, -0.25) is 9.35 Å². The van der Waals surface area contributed by atoms with Crippen LogP contribution in [0.2, 0.25) is 0 Å². The fourth-order valence-corrected chi connectivity index (χ4v) is 3.14. The molecule has 2 aromatic rings. The Labute approximate surface area is 175 Å². The molecule has 0 aliphatic heterocycles. The molecule has 2 N–H and O–H groups in total. The maximum absolute atomic E-state index is 12.1. The average Bonchev–Trinajstić information content (AvgIpc) is 2.71. The van der Waals surface area contributed by atoms with Crippen LogP contribution in [0, 0.1) is 0 Å². The lowest BCUT2D eigenvalue weighted by atomic mass is 10.1. The van der Waals surface area contributed by atoms with Crippen molar-refractivity contribution in [3.63, 3.8) is 0 Å². The fourth-order valence-electron chi connectivity index (χ4n) is 2.78. The molecule has 0 atom stereocenters. The summed E-state index contributed by atoms with van der Waals surface area (Å²) < 4.78 is 50.5. The first kappa shape index (κ1) is 23.3. The van der Waals surface area contributed by atoms with Gasteiger partial charge >= 0.3 is 10.4 Å². The summed E-state index contributed by atoms with van der Waals surface area (Å²) in [5, 5.41) is 2.84. The predicted molar refractivity (Wildman–Crippen MR) is 110 cm³/mol. The van der Waals surface area contributed by atoms with Crippen LogP contribution in [0.25, 0.3) is 0 Å². The third-order valence-corrected chi connectivity index (χ3v) is 4.64. The molecule has 0 saturated heterocycles. The van der Waals surface area contributed by atoms with Crippen molar-refractivity contribution < 1.29 is 36.2 Å². The normalized spacial score (nSPS) is 10.9. The Balaban J connectivity index is 1.84. The molecule has 0 spiro atoms. The number of ether oxygens (including phenoxy) is 3. The van der Waals surface area contributed by atoms with Crippen LogP contribution in [-0.4, -0.2) is 46.8 Å². The molecule has 2 rings (SSSR count). The number of nitrogens with one attached hydrogen (secondary N) is 1. The molecule has 0 radical (unpaired) electrons. The smallest absolute Gasteiger partial charge is 0.446 e. The van der Waals surface area contributed by atoms with Crippen LogP contribution >= 0.6 is 0 Å². The van der Waals surface area contributed by atoms with Gasteiger partial charge in [0.05, 0.1) is 21.3 Å². The van der Waals surface area contributed by atoms with E-state index < -0.39 is 10.4 Å². The van der Waals surface area contributed by atoms with E-state index >= 15 is 0 Å². The molecule has 0 bridgehead atoms. The van der Waals surface area contributed by atoms with E-state index in [-0.39, 0.29) is 17.4 Å². The Hall–Kier alpha value is -2.98. The highest BCUT2D eigenvalue weighted by atomic mass is 32.3. The van der Waals surface area contributed by atoms with E-state index in [1.54, 1.807) is 32.4 Å². The van der Waals surface area contributed by atoms with E-state index in [9.17, 15) is 13.2 Å². The second kappa shape index (κ2) is 10.7. The molecule has 0 unspecified atom stereocenters. The lowest BCUT2D eigenvalue weighted by Gasteiger charge is -2.11. The first-order chi connectivity index (χ1) is 14.3. The van der Waals surface area contributed by atoms with Gasteiger partial charge < -0.3 is 23.7 Å². The zero-order valence-corrected chi connectivity index (χ0v) is 17.8. The Morgan fingerprint density at radius 2 is 1.40 bits per heavy atom. The van der Waals surface area contributed by atoms with Crippen LogP contribution in [0.1, 0.15) is 17.5 Å². The van der Waals surface area contributed by atoms with Crippen LogP contribution in [0.15, 0.2) is 36.4 Å². The first-order valence-electron chi connectivity index (χ1n) is 9.07. The SMILES string of the molecule is COc1ccc(CCC(=O)NCCc2ccc(OS(=O)(=O)O)c(OC)c2)cc1OC. The minimum atomic E-state index is -4.64. The zero-order chi connectivity index (χ0) is 22.1. The average molecular weight is 439 g/mol.